The van der Waals surface area contributed by atoms with E-state index in [1.165, 1.54) is 5.56 Å². The van der Waals surface area contributed by atoms with Crippen molar-refractivity contribution >= 4 is 22.6 Å². The second kappa shape index (κ2) is 10.4. The number of methoxy groups -OCH3 is 1. The molecule has 0 spiro atoms. The number of fused-ring (bicyclic) bond motifs is 1. The number of aromatic nitrogens is 2. The normalized spacial score (nSPS) is 14.9. The summed E-state index contributed by atoms with van der Waals surface area (Å²) in [5, 5.41) is 2.90. The van der Waals surface area contributed by atoms with E-state index in [-0.39, 0.29) is 5.91 Å². The Morgan fingerprint density at radius 1 is 1.11 bits per heavy atom. The summed E-state index contributed by atoms with van der Waals surface area (Å²) in [5.74, 6) is 2.95. The first-order valence-corrected chi connectivity index (χ1v) is 12.3. The molecule has 2 aromatic heterocycles. The lowest BCUT2D eigenvalue weighted by molar-refractivity contribution is -0.114. The number of aryl methyl sites for hydroxylation is 1. The number of hydrogen-bond donors (Lipinski definition) is 1. The lowest BCUT2D eigenvalue weighted by Gasteiger charge is -2.32. The molecule has 7 nitrogen and oxygen atoms in total. The van der Waals surface area contributed by atoms with Gasteiger partial charge in [-0.25, -0.2) is 4.98 Å². The lowest BCUT2D eigenvalue weighted by atomic mass is 9.89. The molecule has 182 valence electrons. The van der Waals surface area contributed by atoms with Gasteiger partial charge in [0.15, 0.2) is 11.6 Å². The van der Waals surface area contributed by atoms with Crippen LogP contribution in [0.25, 0.3) is 22.6 Å². The molecule has 0 unspecified atom stereocenters. The molecular formula is C28H32N4O3. The molecule has 3 heterocycles. The van der Waals surface area contributed by atoms with Gasteiger partial charge < -0.3 is 23.9 Å². The van der Waals surface area contributed by atoms with Crippen LogP contribution in [0.3, 0.4) is 0 Å². The first kappa shape index (κ1) is 23.2. The van der Waals surface area contributed by atoms with Crippen LogP contribution in [0.4, 0.5) is 5.69 Å². The van der Waals surface area contributed by atoms with E-state index in [2.05, 4.69) is 33.0 Å². The molecule has 1 fully saturated rings. The van der Waals surface area contributed by atoms with Gasteiger partial charge in [-0.2, -0.15) is 0 Å². The third-order valence-electron chi connectivity index (χ3n) is 6.82. The number of benzene rings is 2. The van der Waals surface area contributed by atoms with Crippen LogP contribution >= 0.6 is 0 Å². The van der Waals surface area contributed by atoms with Crippen molar-refractivity contribution in [3.63, 3.8) is 0 Å². The number of carbonyl (C=O) groups excluding carboxylic acids is 1. The van der Waals surface area contributed by atoms with E-state index in [4.69, 9.17) is 14.1 Å². The van der Waals surface area contributed by atoms with Crippen LogP contribution < -0.4 is 10.1 Å². The Labute approximate surface area is 205 Å². The first-order valence-electron chi connectivity index (χ1n) is 12.3. The van der Waals surface area contributed by atoms with Gasteiger partial charge in [-0.05, 0) is 86.8 Å². The van der Waals surface area contributed by atoms with Crippen LogP contribution in [-0.4, -0.2) is 47.1 Å². The molecule has 1 aliphatic heterocycles. The number of imidazole rings is 1. The van der Waals surface area contributed by atoms with Gasteiger partial charge in [0.1, 0.15) is 5.75 Å². The van der Waals surface area contributed by atoms with E-state index in [1.54, 1.807) is 20.3 Å². The number of hydrogen-bond acceptors (Lipinski definition) is 5. The zero-order valence-corrected chi connectivity index (χ0v) is 20.4. The number of ether oxygens (including phenoxy) is 1. The Kier molecular flexibility index (Phi) is 6.86. The predicted octanol–water partition coefficient (Wildman–Crippen LogP) is 5.53. The molecule has 1 N–H and O–H groups in total. The van der Waals surface area contributed by atoms with Crippen molar-refractivity contribution in [1.82, 2.24) is 14.5 Å². The van der Waals surface area contributed by atoms with E-state index in [9.17, 15) is 4.79 Å². The summed E-state index contributed by atoms with van der Waals surface area (Å²) in [5.41, 5.74) is 4.21. The Hall–Kier alpha value is -3.58. The smallest absolute Gasteiger partial charge is 0.221 e. The molecule has 0 saturated carbocycles. The zero-order valence-electron chi connectivity index (χ0n) is 20.4. The number of piperidine rings is 1. The number of rotatable bonds is 8. The van der Waals surface area contributed by atoms with Gasteiger partial charge in [0, 0.05) is 25.2 Å². The predicted molar refractivity (Wildman–Crippen MR) is 138 cm³/mol. The molecule has 1 aliphatic rings. The highest BCUT2D eigenvalue weighted by atomic mass is 16.5. The third-order valence-corrected chi connectivity index (χ3v) is 6.82. The van der Waals surface area contributed by atoms with Gasteiger partial charge in [-0.1, -0.05) is 12.1 Å². The summed E-state index contributed by atoms with van der Waals surface area (Å²) in [6, 6.07) is 18.2. The number of nitrogens with zero attached hydrogens (tertiary/aromatic N) is 3. The quantitative estimate of drug-likeness (QED) is 0.365. The van der Waals surface area contributed by atoms with Crippen molar-refractivity contribution in [2.75, 3.05) is 32.1 Å². The fourth-order valence-corrected chi connectivity index (χ4v) is 5.07. The van der Waals surface area contributed by atoms with Gasteiger partial charge in [-0.15, -0.1) is 0 Å². The van der Waals surface area contributed by atoms with Gasteiger partial charge in [0.05, 0.1) is 24.4 Å². The Bertz CT molecular complexity index is 1290. The van der Waals surface area contributed by atoms with Gasteiger partial charge in [-0.3, -0.25) is 4.79 Å². The van der Waals surface area contributed by atoms with Crippen LogP contribution in [0.15, 0.2) is 65.3 Å². The fourth-order valence-electron chi connectivity index (χ4n) is 5.07. The van der Waals surface area contributed by atoms with Crippen molar-refractivity contribution in [3.8, 4) is 17.3 Å². The number of anilines is 1. The average molecular weight is 473 g/mol. The highest BCUT2D eigenvalue weighted by Gasteiger charge is 2.21. The minimum atomic E-state index is -0.0306. The van der Waals surface area contributed by atoms with Crippen LogP contribution in [0.5, 0.6) is 5.75 Å². The van der Waals surface area contributed by atoms with Crippen LogP contribution in [0.1, 0.15) is 37.7 Å². The summed E-state index contributed by atoms with van der Waals surface area (Å²) in [4.78, 5) is 18.8. The molecule has 2 aromatic carbocycles. The SMILES string of the molecule is COc1ccc2c(c1)nc(-c1ccco1)n2CCCN1CCC(c2cccc(NC(C)=O)c2)CC1. The monoisotopic (exact) mass is 472 g/mol. The Morgan fingerprint density at radius 3 is 2.71 bits per heavy atom. The summed E-state index contributed by atoms with van der Waals surface area (Å²) in [7, 11) is 1.68. The van der Waals surface area contributed by atoms with E-state index < -0.39 is 0 Å². The standard InChI is InChI=1S/C28H32N4O3/c1-20(33)29-23-7-3-6-22(18-23)21-11-15-31(16-12-21)13-5-14-32-26-10-9-24(34-2)19-25(26)30-28(32)27-8-4-17-35-27/h3-4,6-10,17-19,21H,5,11-16H2,1-2H3,(H,29,33). The van der Waals surface area contributed by atoms with Crippen molar-refractivity contribution in [2.45, 2.75) is 38.6 Å². The number of likely N-dealkylation sites (tertiary alicyclic amines) is 1. The average Bonchev–Trinajstić information content (AvgIpc) is 3.52. The molecule has 0 atom stereocenters. The highest BCUT2D eigenvalue weighted by Crippen LogP contribution is 2.31. The largest absolute Gasteiger partial charge is 0.497 e. The van der Waals surface area contributed by atoms with E-state index in [1.807, 2.05) is 36.4 Å². The number of carbonyl (C=O) groups is 1. The minimum Gasteiger partial charge on any atom is -0.497 e. The van der Waals surface area contributed by atoms with Gasteiger partial charge in [0.25, 0.3) is 0 Å². The molecular weight excluding hydrogens is 440 g/mol. The second-order valence-electron chi connectivity index (χ2n) is 9.20. The number of amides is 1. The number of furan rings is 1. The Balaban J connectivity index is 1.21. The molecule has 0 radical (unpaired) electrons. The van der Waals surface area contributed by atoms with E-state index in [0.717, 1.165) is 79.5 Å². The molecule has 35 heavy (non-hydrogen) atoms. The van der Waals surface area contributed by atoms with E-state index >= 15 is 0 Å². The highest BCUT2D eigenvalue weighted by molar-refractivity contribution is 5.88. The maximum absolute atomic E-state index is 11.4. The molecule has 0 bridgehead atoms. The molecule has 0 aliphatic carbocycles. The van der Waals surface area contributed by atoms with Gasteiger partial charge in [0.2, 0.25) is 5.91 Å². The van der Waals surface area contributed by atoms with Crippen LogP contribution in [0.2, 0.25) is 0 Å². The van der Waals surface area contributed by atoms with Gasteiger partial charge >= 0.3 is 0 Å². The van der Waals surface area contributed by atoms with Crippen molar-refractivity contribution < 1.29 is 13.9 Å². The first-order chi connectivity index (χ1) is 17.1. The van der Waals surface area contributed by atoms with Crippen LogP contribution in [-0.2, 0) is 11.3 Å². The third kappa shape index (κ3) is 5.25. The maximum atomic E-state index is 11.4. The van der Waals surface area contributed by atoms with Crippen molar-refractivity contribution in [2.24, 2.45) is 0 Å². The van der Waals surface area contributed by atoms with Crippen molar-refractivity contribution in [1.29, 1.82) is 0 Å². The lowest BCUT2D eigenvalue weighted by Crippen LogP contribution is -2.34. The van der Waals surface area contributed by atoms with Crippen LogP contribution in [0, 0.1) is 0 Å². The molecule has 4 aromatic rings. The second-order valence-corrected chi connectivity index (χ2v) is 9.20. The van der Waals surface area contributed by atoms with Crippen molar-refractivity contribution in [3.05, 3.63) is 66.4 Å². The Morgan fingerprint density at radius 2 is 1.97 bits per heavy atom. The maximum Gasteiger partial charge on any atom is 0.221 e. The summed E-state index contributed by atoms with van der Waals surface area (Å²) in [6.07, 6.45) is 4.99. The summed E-state index contributed by atoms with van der Waals surface area (Å²) >= 11 is 0. The van der Waals surface area contributed by atoms with E-state index in [0.29, 0.717) is 5.92 Å². The topological polar surface area (TPSA) is 72.5 Å². The molecule has 7 heteroatoms. The number of nitrogens with one attached hydrogen (secondary N) is 1. The summed E-state index contributed by atoms with van der Waals surface area (Å²) < 4.78 is 13.3. The molecule has 5 rings (SSSR count). The minimum absolute atomic E-state index is 0.0306. The fraction of sp³-hybridized carbons (Fsp3) is 0.357. The molecule has 1 saturated heterocycles. The summed E-state index contributed by atoms with van der Waals surface area (Å²) in [6.45, 7) is 5.64. The molecule has 1 amide bonds. The zero-order chi connectivity index (χ0) is 24.2.